The first-order valence-electron chi connectivity index (χ1n) is 12.4. The monoisotopic (exact) mass is 411 g/mol. The van der Waals surface area contributed by atoms with Crippen LogP contribution in [-0.4, -0.2) is 31.4 Å². The van der Waals surface area contributed by atoms with Crippen LogP contribution in [0.4, 0.5) is 0 Å². The van der Waals surface area contributed by atoms with Crippen LogP contribution in [0.15, 0.2) is 0 Å². The van der Waals surface area contributed by atoms with Gasteiger partial charge in [0.15, 0.2) is 5.78 Å². The summed E-state index contributed by atoms with van der Waals surface area (Å²) in [6.45, 7) is 10.1. The first-order valence-corrected chi connectivity index (χ1v) is 12.4. The molecular formula is C25H49NO3. The van der Waals surface area contributed by atoms with Gasteiger partial charge in [0.05, 0.1) is 0 Å². The van der Waals surface area contributed by atoms with Gasteiger partial charge >= 0.3 is 0 Å². The van der Waals surface area contributed by atoms with Crippen LogP contribution in [0.3, 0.4) is 0 Å². The molecule has 0 rings (SSSR count). The molecule has 0 aliphatic heterocycles. The molecule has 0 heterocycles. The normalized spacial score (nSPS) is 12.3. The largest absolute Gasteiger partial charge is 0.374 e. The molecule has 0 aliphatic rings. The number of ether oxygens (including phenoxy) is 1. The van der Waals surface area contributed by atoms with Crippen molar-refractivity contribution in [1.29, 1.82) is 0 Å². The predicted octanol–water partition coefficient (Wildman–Crippen LogP) is 6.46. The van der Waals surface area contributed by atoms with Crippen LogP contribution in [0, 0.1) is 11.8 Å². The van der Waals surface area contributed by atoms with Crippen molar-refractivity contribution in [1.82, 2.24) is 5.32 Å². The van der Waals surface area contributed by atoms with Crippen molar-refractivity contribution >= 4 is 11.7 Å². The molecule has 172 valence electrons. The number of Topliss-reactive ketones (excluding diaryl/α,β-unsaturated/α-hetero) is 1. The van der Waals surface area contributed by atoms with Gasteiger partial charge in [-0.25, -0.2) is 0 Å². The van der Waals surface area contributed by atoms with Crippen molar-refractivity contribution < 1.29 is 14.3 Å². The highest BCUT2D eigenvalue weighted by molar-refractivity contribution is 5.82. The summed E-state index contributed by atoms with van der Waals surface area (Å²) in [4.78, 5) is 23.9. The second-order valence-corrected chi connectivity index (χ2v) is 8.77. The zero-order valence-corrected chi connectivity index (χ0v) is 19.9. The highest BCUT2D eigenvalue weighted by Gasteiger charge is 2.17. The lowest BCUT2D eigenvalue weighted by Crippen LogP contribution is -2.28. The molecule has 1 unspecified atom stereocenters. The topological polar surface area (TPSA) is 55.4 Å². The molecule has 0 spiro atoms. The molecule has 0 aromatic heterocycles. The third kappa shape index (κ3) is 17.7. The van der Waals surface area contributed by atoms with Gasteiger partial charge in [-0.15, -0.1) is 0 Å². The molecule has 1 atom stereocenters. The summed E-state index contributed by atoms with van der Waals surface area (Å²) < 4.78 is 5.68. The van der Waals surface area contributed by atoms with Gasteiger partial charge in [0.25, 0.3) is 0 Å². The first kappa shape index (κ1) is 28.1. The van der Waals surface area contributed by atoms with Crippen LogP contribution in [0.1, 0.15) is 118 Å². The Kier molecular flexibility index (Phi) is 19.7. The third-order valence-corrected chi connectivity index (χ3v) is 5.55. The van der Waals surface area contributed by atoms with Crippen molar-refractivity contribution in [2.75, 3.05) is 19.8 Å². The quantitative estimate of drug-likeness (QED) is 0.220. The van der Waals surface area contributed by atoms with E-state index in [1.807, 2.05) is 13.8 Å². The second kappa shape index (κ2) is 20.4. The zero-order valence-electron chi connectivity index (χ0n) is 19.9. The zero-order chi connectivity index (χ0) is 21.7. The summed E-state index contributed by atoms with van der Waals surface area (Å²) in [6, 6.07) is 0. The summed E-state index contributed by atoms with van der Waals surface area (Å²) in [5, 5.41) is 2.96. The molecule has 0 aliphatic carbocycles. The van der Waals surface area contributed by atoms with Crippen molar-refractivity contribution in [3.8, 4) is 0 Å². The van der Waals surface area contributed by atoms with E-state index in [0.717, 1.165) is 57.9 Å². The van der Waals surface area contributed by atoms with Gasteiger partial charge in [-0.2, -0.15) is 0 Å². The molecule has 0 fully saturated rings. The van der Waals surface area contributed by atoms with Gasteiger partial charge in [-0.3, -0.25) is 9.59 Å². The Morgan fingerprint density at radius 1 is 0.759 bits per heavy atom. The number of hydrogen-bond acceptors (Lipinski definition) is 3. The molecule has 0 aromatic rings. The Morgan fingerprint density at radius 2 is 1.34 bits per heavy atom. The molecule has 1 N–H and O–H groups in total. The molecule has 0 saturated heterocycles. The van der Waals surface area contributed by atoms with Crippen molar-refractivity contribution in [3.05, 3.63) is 0 Å². The van der Waals surface area contributed by atoms with Crippen LogP contribution in [-0.2, 0) is 14.3 Å². The minimum absolute atomic E-state index is 0.0739. The Bertz CT molecular complexity index is 396. The average Bonchev–Trinajstić information content (AvgIpc) is 2.70. The highest BCUT2D eigenvalue weighted by Crippen LogP contribution is 2.18. The molecule has 4 nitrogen and oxygen atoms in total. The standard InChI is InChI=1S/C25H49NO3/c1-5-7-9-14-18-23(17-8-6-2)24(27)21-29-20-16-13-11-10-12-15-19-26-25(28)22(3)4/h22-23H,5-21H2,1-4H3,(H,26,28). The minimum Gasteiger partial charge on any atom is -0.374 e. The second-order valence-electron chi connectivity index (χ2n) is 8.77. The Hall–Kier alpha value is -0.900. The van der Waals surface area contributed by atoms with E-state index in [4.69, 9.17) is 4.74 Å². The van der Waals surface area contributed by atoms with Crippen LogP contribution >= 0.6 is 0 Å². The molecule has 4 heteroatoms. The summed E-state index contributed by atoms with van der Waals surface area (Å²) in [5.74, 6) is 0.751. The number of hydrogen-bond donors (Lipinski definition) is 1. The number of amides is 1. The van der Waals surface area contributed by atoms with Crippen LogP contribution in [0.25, 0.3) is 0 Å². The number of carbonyl (C=O) groups is 2. The van der Waals surface area contributed by atoms with Crippen LogP contribution in [0.2, 0.25) is 0 Å². The lowest BCUT2D eigenvalue weighted by molar-refractivity contribution is -0.128. The highest BCUT2D eigenvalue weighted by atomic mass is 16.5. The number of unbranched alkanes of at least 4 members (excludes halogenated alkanes) is 9. The fourth-order valence-electron chi connectivity index (χ4n) is 3.48. The molecule has 0 bridgehead atoms. The molecule has 1 amide bonds. The van der Waals surface area contributed by atoms with Gasteiger partial charge in [0, 0.05) is 25.0 Å². The Balaban J connectivity index is 3.64. The van der Waals surface area contributed by atoms with Crippen molar-refractivity contribution in [2.45, 2.75) is 118 Å². The first-order chi connectivity index (χ1) is 14.0. The molecule has 0 saturated carbocycles. The lowest BCUT2D eigenvalue weighted by atomic mass is 9.91. The van der Waals surface area contributed by atoms with E-state index in [-0.39, 0.29) is 17.7 Å². The maximum Gasteiger partial charge on any atom is 0.222 e. The lowest BCUT2D eigenvalue weighted by Gasteiger charge is -2.15. The van der Waals surface area contributed by atoms with E-state index in [2.05, 4.69) is 19.2 Å². The van der Waals surface area contributed by atoms with E-state index < -0.39 is 0 Å². The molecule has 29 heavy (non-hydrogen) atoms. The average molecular weight is 412 g/mol. The van der Waals surface area contributed by atoms with Gasteiger partial charge in [-0.1, -0.05) is 91.9 Å². The summed E-state index contributed by atoms with van der Waals surface area (Å²) in [7, 11) is 0. The smallest absolute Gasteiger partial charge is 0.222 e. The number of nitrogens with one attached hydrogen (secondary N) is 1. The molecule has 0 aromatic carbocycles. The van der Waals surface area contributed by atoms with E-state index in [1.54, 1.807) is 0 Å². The SMILES string of the molecule is CCCCCCC(CCCC)C(=O)COCCCCCCCCNC(=O)C(C)C. The predicted molar refractivity (Wildman–Crippen MR) is 123 cm³/mol. The van der Waals surface area contributed by atoms with Gasteiger partial charge in [-0.05, 0) is 25.7 Å². The third-order valence-electron chi connectivity index (χ3n) is 5.55. The summed E-state index contributed by atoms with van der Waals surface area (Å²) in [6.07, 6.45) is 16.1. The number of carbonyl (C=O) groups excluding carboxylic acids is 2. The fraction of sp³-hybridized carbons (Fsp3) is 0.920. The van der Waals surface area contributed by atoms with Crippen molar-refractivity contribution in [2.24, 2.45) is 11.8 Å². The number of rotatable bonds is 21. The van der Waals surface area contributed by atoms with E-state index in [9.17, 15) is 9.59 Å². The molecule has 0 radical (unpaired) electrons. The van der Waals surface area contributed by atoms with E-state index >= 15 is 0 Å². The summed E-state index contributed by atoms with van der Waals surface area (Å²) >= 11 is 0. The van der Waals surface area contributed by atoms with Crippen LogP contribution < -0.4 is 5.32 Å². The number of ketones is 1. The summed E-state index contributed by atoms with van der Waals surface area (Å²) in [5.41, 5.74) is 0. The fourth-order valence-corrected chi connectivity index (χ4v) is 3.48. The minimum atomic E-state index is 0.0739. The van der Waals surface area contributed by atoms with Gasteiger partial charge in [0.1, 0.15) is 6.61 Å². The van der Waals surface area contributed by atoms with Gasteiger partial charge in [0.2, 0.25) is 5.91 Å². The Morgan fingerprint density at radius 3 is 2.00 bits per heavy atom. The van der Waals surface area contributed by atoms with Gasteiger partial charge < -0.3 is 10.1 Å². The maximum absolute atomic E-state index is 12.5. The maximum atomic E-state index is 12.5. The molecular weight excluding hydrogens is 362 g/mol. The Labute approximate surface area is 180 Å². The van der Waals surface area contributed by atoms with E-state index in [0.29, 0.717) is 19.0 Å². The van der Waals surface area contributed by atoms with E-state index in [1.165, 1.54) is 38.5 Å². The van der Waals surface area contributed by atoms with Crippen LogP contribution in [0.5, 0.6) is 0 Å². The van der Waals surface area contributed by atoms with Crippen molar-refractivity contribution in [3.63, 3.8) is 0 Å².